The van der Waals surface area contributed by atoms with Crippen LogP contribution < -0.4 is 0 Å². The van der Waals surface area contributed by atoms with Crippen LogP contribution in [0.25, 0.3) is 0 Å². The first kappa shape index (κ1) is 13.3. The Hall–Kier alpha value is -1.14. The van der Waals surface area contributed by atoms with Gasteiger partial charge in [-0.25, -0.2) is 4.79 Å². The highest BCUT2D eigenvalue weighted by Gasteiger charge is 2.32. The van der Waals surface area contributed by atoms with E-state index in [2.05, 4.69) is 4.74 Å². The van der Waals surface area contributed by atoms with Gasteiger partial charge in [0.15, 0.2) is 6.10 Å². The summed E-state index contributed by atoms with van der Waals surface area (Å²) in [6.45, 7) is 1.92. The second-order valence-corrected chi connectivity index (χ2v) is 4.85. The molecule has 1 aliphatic carbocycles. The molecular weight excluding hydrogens is 236 g/mol. The minimum atomic E-state index is -0.567. The highest BCUT2D eigenvalue weighted by atomic mass is 16.6. The monoisotopic (exact) mass is 256 g/mol. The lowest BCUT2D eigenvalue weighted by Crippen LogP contribution is -2.50. The number of hydrogen-bond donors (Lipinski definition) is 0. The van der Waals surface area contributed by atoms with Gasteiger partial charge < -0.3 is 14.4 Å². The molecule has 0 radical (unpaired) electrons. The van der Waals surface area contributed by atoms with Crippen LogP contribution in [0.15, 0.2) is 0 Å². The molecule has 1 amide bonds. The number of rotatable bonds is 4. The molecule has 6 heteroatoms. The molecule has 2 aliphatic rings. The molecule has 1 atom stereocenters. The quantitative estimate of drug-likeness (QED) is 0.634. The van der Waals surface area contributed by atoms with Crippen LogP contribution >= 0.6 is 0 Å². The Morgan fingerprint density at radius 2 is 2.17 bits per heavy atom. The number of nitrogens with zero attached hydrogens (tertiary/aromatic N) is 2. The van der Waals surface area contributed by atoms with Gasteiger partial charge in [0, 0.05) is 26.2 Å². The van der Waals surface area contributed by atoms with Gasteiger partial charge in [0.2, 0.25) is 5.91 Å². The van der Waals surface area contributed by atoms with Gasteiger partial charge in [-0.2, -0.15) is 0 Å². The fraction of sp³-hybridized carbons (Fsp3) is 0.833. The SMILES string of the molecule is COC(=O)C1CN(CC(=O)N(C)C2CC2)CCO1. The van der Waals surface area contributed by atoms with E-state index < -0.39 is 6.10 Å². The summed E-state index contributed by atoms with van der Waals surface area (Å²) in [6, 6.07) is 0.426. The number of carbonyl (C=O) groups is 2. The van der Waals surface area contributed by atoms with E-state index in [0.717, 1.165) is 12.8 Å². The summed E-state index contributed by atoms with van der Waals surface area (Å²) in [5.74, 6) is -0.259. The molecule has 1 unspecified atom stereocenters. The van der Waals surface area contributed by atoms with E-state index in [1.165, 1.54) is 7.11 Å². The molecule has 1 saturated heterocycles. The molecule has 0 aromatic rings. The molecule has 1 saturated carbocycles. The number of hydrogen-bond acceptors (Lipinski definition) is 5. The average molecular weight is 256 g/mol. The first-order valence-electron chi connectivity index (χ1n) is 6.29. The fourth-order valence-corrected chi connectivity index (χ4v) is 2.09. The zero-order valence-electron chi connectivity index (χ0n) is 10.9. The molecule has 6 nitrogen and oxygen atoms in total. The number of morpholine rings is 1. The van der Waals surface area contributed by atoms with E-state index in [0.29, 0.717) is 32.3 Å². The van der Waals surface area contributed by atoms with E-state index in [1.807, 2.05) is 16.8 Å². The summed E-state index contributed by atoms with van der Waals surface area (Å²) in [6.07, 6.45) is 1.65. The van der Waals surface area contributed by atoms with Gasteiger partial charge in [-0.15, -0.1) is 0 Å². The van der Waals surface area contributed by atoms with E-state index in [4.69, 9.17) is 4.74 Å². The predicted molar refractivity (Wildman–Crippen MR) is 64.0 cm³/mol. The Bertz CT molecular complexity index is 330. The molecule has 2 rings (SSSR count). The lowest BCUT2D eigenvalue weighted by molar-refractivity contribution is -0.160. The van der Waals surface area contributed by atoms with Crippen molar-refractivity contribution in [2.24, 2.45) is 0 Å². The fourth-order valence-electron chi connectivity index (χ4n) is 2.09. The van der Waals surface area contributed by atoms with Crippen molar-refractivity contribution in [3.05, 3.63) is 0 Å². The van der Waals surface area contributed by atoms with Gasteiger partial charge in [-0.05, 0) is 12.8 Å². The first-order chi connectivity index (χ1) is 8.61. The third-order valence-corrected chi connectivity index (χ3v) is 3.46. The first-order valence-corrected chi connectivity index (χ1v) is 6.29. The molecule has 0 spiro atoms. The number of ether oxygens (including phenoxy) is 2. The second-order valence-electron chi connectivity index (χ2n) is 4.85. The summed E-state index contributed by atoms with van der Waals surface area (Å²) >= 11 is 0. The van der Waals surface area contributed by atoms with Gasteiger partial charge in [0.05, 0.1) is 20.3 Å². The predicted octanol–water partition coefficient (Wildman–Crippen LogP) is -0.519. The number of amides is 1. The van der Waals surface area contributed by atoms with E-state index in [9.17, 15) is 9.59 Å². The zero-order valence-corrected chi connectivity index (χ0v) is 10.9. The van der Waals surface area contributed by atoms with Crippen molar-refractivity contribution in [3.8, 4) is 0 Å². The molecule has 0 aromatic carbocycles. The maximum Gasteiger partial charge on any atom is 0.336 e. The van der Waals surface area contributed by atoms with Crippen molar-refractivity contribution in [1.82, 2.24) is 9.80 Å². The summed E-state index contributed by atoms with van der Waals surface area (Å²) in [7, 11) is 3.19. The molecule has 18 heavy (non-hydrogen) atoms. The number of carbonyl (C=O) groups excluding carboxylic acids is 2. The smallest absolute Gasteiger partial charge is 0.336 e. The van der Waals surface area contributed by atoms with Crippen molar-refractivity contribution in [3.63, 3.8) is 0 Å². The van der Waals surface area contributed by atoms with Crippen LogP contribution in [-0.4, -0.2) is 74.2 Å². The number of likely N-dealkylation sites (N-methyl/N-ethyl adjacent to an activating group) is 1. The van der Waals surface area contributed by atoms with Crippen LogP contribution in [0.1, 0.15) is 12.8 Å². The summed E-state index contributed by atoms with van der Waals surface area (Å²) in [5.41, 5.74) is 0. The normalized spacial score (nSPS) is 24.7. The third-order valence-electron chi connectivity index (χ3n) is 3.46. The van der Waals surface area contributed by atoms with Crippen LogP contribution in [0.4, 0.5) is 0 Å². The summed E-state index contributed by atoms with van der Waals surface area (Å²) < 4.78 is 9.97. The van der Waals surface area contributed by atoms with Crippen LogP contribution in [-0.2, 0) is 19.1 Å². The lowest BCUT2D eigenvalue weighted by Gasteiger charge is -2.32. The molecule has 102 valence electrons. The van der Waals surface area contributed by atoms with E-state index in [1.54, 1.807) is 0 Å². The maximum atomic E-state index is 12.0. The number of methoxy groups -OCH3 is 1. The van der Waals surface area contributed by atoms with Crippen molar-refractivity contribution < 1.29 is 19.1 Å². The van der Waals surface area contributed by atoms with Crippen molar-refractivity contribution in [1.29, 1.82) is 0 Å². The van der Waals surface area contributed by atoms with Crippen LogP contribution in [0.5, 0.6) is 0 Å². The Morgan fingerprint density at radius 1 is 1.44 bits per heavy atom. The number of esters is 1. The molecule has 1 aliphatic heterocycles. The summed E-state index contributed by atoms with van der Waals surface area (Å²) in [5, 5.41) is 0. The summed E-state index contributed by atoms with van der Waals surface area (Å²) in [4.78, 5) is 27.1. The standard InChI is InChI=1S/C12H20N2O4/c1-13(9-3-4-9)11(15)8-14-5-6-18-10(7-14)12(16)17-2/h9-10H,3-8H2,1-2H3. The van der Waals surface area contributed by atoms with E-state index in [-0.39, 0.29) is 11.9 Å². The Kier molecular flexibility index (Phi) is 4.19. The van der Waals surface area contributed by atoms with Gasteiger partial charge in [0.1, 0.15) is 0 Å². The van der Waals surface area contributed by atoms with Gasteiger partial charge >= 0.3 is 5.97 Å². The molecule has 0 bridgehead atoms. The van der Waals surface area contributed by atoms with Crippen LogP contribution in [0.2, 0.25) is 0 Å². The van der Waals surface area contributed by atoms with Crippen LogP contribution in [0, 0.1) is 0 Å². The average Bonchev–Trinajstić information content (AvgIpc) is 3.21. The molecule has 2 fully saturated rings. The van der Waals surface area contributed by atoms with Gasteiger partial charge in [0.25, 0.3) is 0 Å². The largest absolute Gasteiger partial charge is 0.467 e. The van der Waals surface area contributed by atoms with Gasteiger partial charge in [-0.1, -0.05) is 0 Å². The highest BCUT2D eigenvalue weighted by molar-refractivity contribution is 5.79. The van der Waals surface area contributed by atoms with Crippen LogP contribution in [0.3, 0.4) is 0 Å². The molecule has 1 heterocycles. The topological polar surface area (TPSA) is 59.1 Å². The third kappa shape index (κ3) is 3.20. The minimum absolute atomic E-state index is 0.114. The maximum absolute atomic E-state index is 12.0. The van der Waals surface area contributed by atoms with E-state index >= 15 is 0 Å². The zero-order chi connectivity index (χ0) is 13.1. The molecule has 0 aromatic heterocycles. The van der Waals surface area contributed by atoms with Gasteiger partial charge in [-0.3, -0.25) is 9.69 Å². The van der Waals surface area contributed by atoms with Crippen molar-refractivity contribution in [2.75, 3.05) is 40.4 Å². The van der Waals surface area contributed by atoms with Crippen molar-refractivity contribution >= 4 is 11.9 Å². The molecule has 0 N–H and O–H groups in total. The lowest BCUT2D eigenvalue weighted by atomic mass is 10.2. The highest BCUT2D eigenvalue weighted by Crippen LogP contribution is 2.25. The van der Waals surface area contributed by atoms with Crippen molar-refractivity contribution in [2.45, 2.75) is 25.0 Å². The Morgan fingerprint density at radius 3 is 2.78 bits per heavy atom. The Labute approximate surface area is 107 Å². The second kappa shape index (κ2) is 5.67. The molecular formula is C12H20N2O4. The Balaban J connectivity index is 1.81. The minimum Gasteiger partial charge on any atom is -0.467 e.